The normalized spacial score (nSPS) is 18.2. The minimum absolute atomic E-state index is 0.571. The second kappa shape index (κ2) is 12.6. The molecule has 4 rings (SSSR count). The van der Waals surface area contributed by atoms with Crippen LogP contribution in [0.3, 0.4) is 0 Å². The van der Waals surface area contributed by atoms with E-state index in [1.807, 2.05) is 36.4 Å². The Morgan fingerprint density at radius 3 is 1.16 bits per heavy atom. The third kappa shape index (κ3) is 7.06. The highest BCUT2D eigenvalue weighted by molar-refractivity contribution is 5.62. The molecular weight excluding hydrogens is 484 g/mol. The molecule has 2 saturated carbocycles. The van der Waals surface area contributed by atoms with Crippen LogP contribution < -0.4 is 18.9 Å². The van der Waals surface area contributed by atoms with Crippen LogP contribution in [0.4, 0.5) is 4.79 Å². The second-order valence-corrected chi connectivity index (χ2v) is 10.7. The Balaban J connectivity index is 1.54. The van der Waals surface area contributed by atoms with Crippen molar-refractivity contribution in [2.75, 3.05) is 28.4 Å². The second-order valence-electron chi connectivity index (χ2n) is 10.7. The molecule has 208 valence electrons. The van der Waals surface area contributed by atoms with Crippen molar-refractivity contribution in [1.82, 2.24) is 0 Å². The summed E-state index contributed by atoms with van der Waals surface area (Å²) in [6.07, 6.45) is 10.2. The van der Waals surface area contributed by atoms with Crippen LogP contribution in [0.2, 0.25) is 0 Å². The van der Waals surface area contributed by atoms with Gasteiger partial charge in [-0.05, 0) is 86.8 Å². The number of ether oxygens (including phenoxy) is 6. The number of hydrogen-bond donors (Lipinski definition) is 0. The lowest BCUT2D eigenvalue weighted by atomic mass is 9.80. The molecule has 0 amide bonds. The molecule has 0 spiro atoms. The van der Waals surface area contributed by atoms with Crippen LogP contribution in [0, 0.1) is 0 Å². The van der Waals surface area contributed by atoms with Gasteiger partial charge in [0.15, 0.2) is 0 Å². The van der Waals surface area contributed by atoms with Gasteiger partial charge in [-0.1, -0.05) is 12.8 Å². The smallest absolute Gasteiger partial charge is 0.497 e. The molecule has 0 atom stereocenters. The van der Waals surface area contributed by atoms with Crippen molar-refractivity contribution in [3.05, 3.63) is 47.5 Å². The van der Waals surface area contributed by atoms with Crippen LogP contribution in [0.25, 0.3) is 0 Å². The van der Waals surface area contributed by atoms with E-state index in [0.29, 0.717) is 12.8 Å². The van der Waals surface area contributed by atoms with Gasteiger partial charge in [0.05, 0.1) is 28.4 Å². The first-order chi connectivity index (χ1) is 18.4. The van der Waals surface area contributed by atoms with Gasteiger partial charge in [0.1, 0.15) is 34.2 Å². The Morgan fingerprint density at radius 1 is 0.553 bits per heavy atom. The molecule has 2 aliphatic rings. The molecule has 2 aliphatic carbocycles. The Kier molecular flexibility index (Phi) is 9.29. The predicted molar refractivity (Wildman–Crippen MR) is 146 cm³/mol. The van der Waals surface area contributed by atoms with Gasteiger partial charge in [0, 0.05) is 25.0 Å². The van der Waals surface area contributed by atoms with E-state index in [9.17, 15) is 4.79 Å². The van der Waals surface area contributed by atoms with Gasteiger partial charge < -0.3 is 28.4 Å². The largest absolute Gasteiger partial charge is 0.509 e. The number of rotatable bonds is 10. The summed E-state index contributed by atoms with van der Waals surface area (Å²) in [5, 5.41) is 0. The highest BCUT2D eigenvalue weighted by Crippen LogP contribution is 2.40. The van der Waals surface area contributed by atoms with Crippen molar-refractivity contribution in [3.8, 4) is 23.0 Å². The van der Waals surface area contributed by atoms with E-state index < -0.39 is 17.4 Å². The van der Waals surface area contributed by atoms with Crippen molar-refractivity contribution in [2.45, 2.75) is 88.3 Å². The summed E-state index contributed by atoms with van der Waals surface area (Å²) in [6, 6.07) is 11.7. The summed E-state index contributed by atoms with van der Waals surface area (Å²) in [5.41, 5.74) is 0.822. The molecule has 2 aromatic rings. The van der Waals surface area contributed by atoms with Crippen molar-refractivity contribution < 1.29 is 33.2 Å². The lowest BCUT2D eigenvalue weighted by Crippen LogP contribution is -2.44. The first kappa shape index (κ1) is 27.9. The predicted octanol–water partition coefficient (Wildman–Crippen LogP) is 7.07. The molecule has 2 fully saturated rings. The molecule has 7 nitrogen and oxygen atoms in total. The quantitative estimate of drug-likeness (QED) is 0.307. The van der Waals surface area contributed by atoms with E-state index in [4.69, 9.17) is 28.4 Å². The van der Waals surface area contributed by atoms with Gasteiger partial charge in [0.2, 0.25) is 0 Å². The molecule has 0 bridgehead atoms. The SMILES string of the molecule is COc1cc(CC2(OC(=O)OC3(Cc4cc(OC)cc(OC)c4)CCCCC3)CCCCC2)cc(OC)c1. The zero-order valence-corrected chi connectivity index (χ0v) is 23.3. The first-order valence-electron chi connectivity index (χ1n) is 13.8. The van der Waals surface area contributed by atoms with E-state index in [2.05, 4.69) is 0 Å². The van der Waals surface area contributed by atoms with Gasteiger partial charge in [-0.3, -0.25) is 0 Å². The standard InChI is InChI=1S/C31H42O7/c1-33-25-15-23(16-26(19-25)34-2)21-30(11-7-5-8-12-30)37-29(32)38-31(13-9-6-10-14-31)22-24-17-27(35-3)20-28(18-24)36-4/h15-20H,5-14,21-22H2,1-4H3. The molecule has 0 heterocycles. The average molecular weight is 527 g/mol. The van der Waals surface area contributed by atoms with Gasteiger partial charge >= 0.3 is 6.16 Å². The number of benzene rings is 2. The van der Waals surface area contributed by atoms with Gasteiger partial charge in [0.25, 0.3) is 0 Å². The minimum Gasteiger partial charge on any atom is -0.497 e. The van der Waals surface area contributed by atoms with E-state index >= 15 is 0 Å². The molecule has 38 heavy (non-hydrogen) atoms. The molecule has 0 aromatic heterocycles. The monoisotopic (exact) mass is 526 g/mol. The summed E-state index contributed by atoms with van der Waals surface area (Å²) < 4.78 is 34.5. The molecule has 0 N–H and O–H groups in total. The molecular formula is C31H42O7. The van der Waals surface area contributed by atoms with Crippen molar-refractivity contribution in [2.24, 2.45) is 0 Å². The lowest BCUT2D eigenvalue weighted by Gasteiger charge is -2.40. The summed E-state index contributed by atoms with van der Waals surface area (Å²) in [7, 11) is 6.57. The van der Waals surface area contributed by atoms with Gasteiger partial charge in [-0.25, -0.2) is 4.79 Å². The Morgan fingerprint density at radius 2 is 0.868 bits per heavy atom. The highest BCUT2D eigenvalue weighted by Gasteiger charge is 2.41. The van der Waals surface area contributed by atoms with Crippen LogP contribution >= 0.6 is 0 Å². The van der Waals surface area contributed by atoms with E-state index in [0.717, 1.165) is 98.3 Å². The lowest BCUT2D eigenvalue weighted by molar-refractivity contribution is -0.102. The van der Waals surface area contributed by atoms with E-state index in [1.165, 1.54) is 0 Å². The van der Waals surface area contributed by atoms with Crippen LogP contribution in [0.15, 0.2) is 36.4 Å². The number of carbonyl (C=O) groups is 1. The number of methoxy groups -OCH3 is 4. The van der Waals surface area contributed by atoms with Crippen LogP contribution in [-0.4, -0.2) is 45.8 Å². The Hall–Kier alpha value is -3.09. The maximum Gasteiger partial charge on any atom is 0.509 e. The van der Waals surface area contributed by atoms with Crippen LogP contribution in [0.5, 0.6) is 23.0 Å². The molecule has 0 aliphatic heterocycles. The molecule has 0 saturated heterocycles. The number of hydrogen-bond acceptors (Lipinski definition) is 7. The minimum atomic E-state index is -0.609. The van der Waals surface area contributed by atoms with Gasteiger partial charge in [-0.2, -0.15) is 0 Å². The van der Waals surface area contributed by atoms with Crippen molar-refractivity contribution in [1.29, 1.82) is 0 Å². The maximum atomic E-state index is 13.5. The molecule has 0 unspecified atom stereocenters. The summed E-state index contributed by atoms with van der Waals surface area (Å²) in [4.78, 5) is 13.5. The maximum absolute atomic E-state index is 13.5. The van der Waals surface area contributed by atoms with Crippen LogP contribution in [-0.2, 0) is 22.3 Å². The fraction of sp³-hybridized carbons (Fsp3) is 0.581. The summed E-state index contributed by atoms with van der Waals surface area (Å²) >= 11 is 0. The van der Waals surface area contributed by atoms with E-state index in [-0.39, 0.29) is 0 Å². The molecule has 2 aromatic carbocycles. The zero-order chi connectivity index (χ0) is 27.0. The molecule has 7 heteroatoms. The van der Waals surface area contributed by atoms with E-state index in [1.54, 1.807) is 28.4 Å². The third-order valence-corrected chi connectivity index (χ3v) is 8.00. The first-order valence-corrected chi connectivity index (χ1v) is 13.8. The number of carbonyl (C=O) groups excluding carboxylic acids is 1. The Bertz CT molecular complexity index is 940. The third-order valence-electron chi connectivity index (χ3n) is 8.00. The topological polar surface area (TPSA) is 72.5 Å². The fourth-order valence-electron chi connectivity index (χ4n) is 6.08. The molecule has 0 radical (unpaired) electrons. The fourth-order valence-corrected chi connectivity index (χ4v) is 6.08. The highest BCUT2D eigenvalue weighted by atomic mass is 16.7. The Labute approximate surface area is 226 Å². The van der Waals surface area contributed by atoms with Crippen molar-refractivity contribution >= 4 is 6.16 Å². The van der Waals surface area contributed by atoms with Gasteiger partial charge in [-0.15, -0.1) is 0 Å². The summed E-state index contributed by atoms with van der Waals surface area (Å²) in [6.45, 7) is 0. The van der Waals surface area contributed by atoms with Crippen LogP contribution in [0.1, 0.15) is 75.3 Å². The zero-order valence-electron chi connectivity index (χ0n) is 23.3. The van der Waals surface area contributed by atoms with Crippen molar-refractivity contribution in [3.63, 3.8) is 0 Å². The average Bonchev–Trinajstić information content (AvgIpc) is 2.93. The summed E-state index contributed by atoms with van der Waals surface area (Å²) in [5.74, 6) is 2.90.